The molecular weight excluding hydrogens is 864 g/mol. The zero-order valence-electron chi connectivity index (χ0n) is 46.1. The quantitative estimate of drug-likeness (QED) is 0.0272. The Balaban J connectivity index is 3.82. The summed E-state index contributed by atoms with van der Waals surface area (Å²) < 4.78 is 23.3. The first kappa shape index (κ1) is 67.0. The van der Waals surface area contributed by atoms with E-state index in [-0.39, 0.29) is 19.1 Å². The number of hydrogen-bond donors (Lipinski definition) is 2. The van der Waals surface area contributed by atoms with Gasteiger partial charge in [0.1, 0.15) is 13.2 Å². The van der Waals surface area contributed by atoms with Gasteiger partial charge >= 0.3 is 0 Å². The summed E-state index contributed by atoms with van der Waals surface area (Å²) in [5.74, 6) is -0.163. The monoisotopic (exact) mass is 981 g/mol. The lowest BCUT2D eigenvalue weighted by molar-refractivity contribution is -0.870. The van der Waals surface area contributed by atoms with Crippen molar-refractivity contribution in [1.82, 2.24) is 5.32 Å². The van der Waals surface area contributed by atoms with E-state index in [1.54, 1.807) is 0 Å². The lowest BCUT2D eigenvalue weighted by atomic mass is 10.0. The first-order chi connectivity index (χ1) is 33.0. The number of nitrogens with one attached hydrogen (secondary N) is 1. The number of carbonyl (C=O) groups is 1. The SMILES string of the molecule is CCCCCCCCCCCCCCC/C=C\C/C=C\CCCCCCCCCCCCCCCCCCCC(=O)NC(COP(=O)([O-])OCC[N+](C)(C)C)C(O)CCCCCCCCCCC. The number of aliphatic hydroxyl groups excluding tert-OH is 1. The van der Waals surface area contributed by atoms with Gasteiger partial charge in [-0.3, -0.25) is 9.36 Å². The summed E-state index contributed by atoms with van der Waals surface area (Å²) in [5.41, 5.74) is 0. The minimum absolute atomic E-state index is 0.0137. The number of amides is 1. The third-order valence-corrected chi connectivity index (χ3v) is 14.7. The predicted molar refractivity (Wildman–Crippen MR) is 293 cm³/mol. The molecule has 0 aromatic heterocycles. The molecule has 0 aliphatic carbocycles. The summed E-state index contributed by atoms with van der Waals surface area (Å²) in [6.07, 6.45) is 64.0. The van der Waals surface area contributed by atoms with Crippen LogP contribution in [-0.4, -0.2) is 68.5 Å². The highest BCUT2D eigenvalue weighted by Gasteiger charge is 2.24. The Hall–Kier alpha value is -1.02. The molecule has 0 fully saturated rings. The number of allylic oxidation sites excluding steroid dienone is 4. The lowest BCUT2D eigenvalue weighted by Crippen LogP contribution is -2.46. The second kappa shape index (κ2) is 50.9. The van der Waals surface area contributed by atoms with Crippen LogP contribution in [0.3, 0.4) is 0 Å². The van der Waals surface area contributed by atoms with E-state index in [0.29, 0.717) is 23.9 Å². The van der Waals surface area contributed by atoms with E-state index in [0.717, 1.165) is 44.9 Å². The summed E-state index contributed by atoms with van der Waals surface area (Å²) in [6, 6.07) is -0.796. The van der Waals surface area contributed by atoms with Gasteiger partial charge in [0.05, 0.1) is 39.9 Å². The van der Waals surface area contributed by atoms with Crippen LogP contribution in [0, 0.1) is 0 Å². The first-order valence-corrected chi connectivity index (χ1v) is 31.1. The van der Waals surface area contributed by atoms with Crippen molar-refractivity contribution in [2.45, 2.75) is 309 Å². The van der Waals surface area contributed by atoms with Gasteiger partial charge in [0.25, 0.3) is 7.82 Å². The van der Waals surface area contributed by atoms with E-state index in [1.165, 1.54) is 225 Å². The van der Waals surface area contributed by atoms with E-state index >= 15 is 0 Å². The van der Waals surface area contributed by atoms with Gasteiger partial charge < -0.3 is 28.8 Å². The smallest absolute Gasteiger partial charge is 0.268 e. The van der Waals surface area contributed by atoms with Crippen molar-refractivity contribution >= 4 is 13.7 Å². The Morgan fingerprint density at radius 2 is 0.853 bits per heavy atom. The Bertz CT molecular complexity index is 1160. The van der Waals surface area contributed by atoms with E-state index in [1.807, 2.05) is 21.1 Å². The van der Waals surface area contributed by atoms with E-state index in [4.69, 9.17) is 9.05 Å². The third kappa shape index (κ3) is 52.8. The molecule has 68 heavy (non-hydrogen) atoms. The fraction of sp³-hybridized carbons (Fsp3) is 0.915. The molecule has 0 rings (SSSR count). The van der Waals surface area contributed by atoms with Crippen LogP contribution < -0.4 is 10.2 Å². The standard InChI is InChI=1S/C59H117N2O6P/c1-6-8-10-12-14-16-17-18-19-20-21-22-23-24-25-26-27-28-29-30-31-32-33-34-35-36-37-38-39-40-41-42-43-45-47-49-51-53-59(63)60-57(56-67-68(64,65)66-55-54-61(3,4)5)58(62)52-50-48-46-44-15-13-11-9-7-2/h25-26,28-29,57-58,62H,6-24,27,30-56H2,1-5H3,(H-,60,63,64,65)/b26-25-,29-28-. The minimum atomic E-state index is -4.56. The van der Waals surface area contributed by atoms with Gasteiger partial charge in [0, 0.05) is 6.42 Å². The molecule has 1 amide bonds. The molecule has 0 saturated heterocycles. The molecule has 404 valence electrons. The summed E-state index contributed by atoms with van der Waals surface area (Å²) >= 11 is 0. The molecule has 0 spiro atoms. The number of aliphatic hydroxyl groups is 1. The molecule has 0 aromatic carbocycles. The summed E-state index contributed by atoms with van der Waals surface area (Å²) in [4.78, 5) is 25.4. The molecule has 0 saturated carbocycles. The van der Waals surface area contributed by atoms with Crippen LogP contribution in [0.25, 0.3) is 0 Å². The van der Waals surface area contributed by atoms with Crippen LogP contribution in [0.5, 0.6) is 0 Å². The highest BCUT2D eigenvalue weighted by atomic mass is 31.2. The molecular formula is C59H117N2O6P. The molecule has 0 aliphatic heterocycles. The number of carbonyl (C=O) groups excluding carboxylic acids is 1. The average molecular weight is 982 g/mol. The van der Waals surface area contributed by atoms with Gasteiger partial charge in [-0.05, 0) is 44.9 Å². The van der Waals surface area contributed by atoms with Crippen molar-refractivity contribution in [3.63, 3.8) is 0 Å². The second-order valence-electron chi connectivity index (χ2n) is 21.7. The van der Waals surface area contributed by atoms with Gasteiger partial charge in [-0.25, -0.2) is 0 Å². The highest BCUT2D eigenvalue weighted by Crippen LogP contribution is 2.38. The predicted octanol–water partition coefficient (Wildman–Crippen LogP) is 17.4. The number of hydrogen-bond acceptors (Lipinski definition) is 6. The van der Waals surface area contributed by atoms with Crippen molar-refractivity contribution in [2.75, 3.05) is 40.9 Å². The van der Waals surface area contributed by atoms with Crippen LogP contribution in [0.2, 0.25) is 0 Å². The molecule has 0 bridgehead atoms. The Morgan fingerprint density at radius 3 is 1.22 bits per heavy atom. The van der Waals surface area contributed by atoms with Gasteiger partial charge in [-0.1, -0.05) is 269 Å². The molecule has 0 heterocycles. The lowest BCUT2D eigenvalue weighted by Gasteiger charge is -2.30. The Labute approximate surface area is 424 Å². The van der Waals surface area contributed by atoms with Crippen molar-refractivity contribution in [3.05, 3.63) is 24.3 Å². The van der Waals surface area contributed by atoms with E-state index in [2.05, 4.69) is 43.5 Å². The van der Waals surface area contributed by atoms with Crippen LogP contribution in [0.1, 0.15) is 296 Å². The van der Waals surface area contributed by atoms with Gasteiger partial charge in [-0.15, -0.1) is 0 Å². The molecule has 0 aromatic rings. The average Bonchev–Trinajstić information content (AvgIpc) is 3.30. The maximum Gasteiger partial charge on any atom is 0.268 e. The molecule has 2 N–H and O–H groups in total. The topological polar surface area (TPSA) is 108 Å². The molecule has 3 unspecified atom stereocenters. The summed E-state index contributed by atoms with van der Waals surface area (Å²) in [6.45, 7) is 4.72. The van der Waals surface area contributed by atoms with Crippen molar-refractivity contribution < 1.29 is 32.9 Å². The highest BCUT2D eigenvalue weighted by molar-refractivity contribution is 7.45. The molecule has 9 heteroatoms. The van der Waals surface area contributed by atoms with E-state index < -0.39 is 20.0 Å². The normalized spacial score (nSPS) is 14.0. The van der Waals surface area contributed by atoms with Crippen LogP contribution in [0.4, 0.5) is 0 Å². The fourth-order valence-electron chi connectivity index (χ4n) is 9.01. The summed E-state index contributed by atoms with van der Waals surface area (Å²) in [5, 5.41) is 13.9. The first-order valence-electron chi connectivity index (χ1n) is 29.7. The largest absolute Gasteiger partial charge is 0.756 e. The number of rotatable bonds is 55. The number of quaternary nitrogens is 1. The van der Waals surface area contributed by atoms with Crippen molar-refractivity contribution in [2.24, 2.45) is 0 Å². The maximum atomic E-state index is 12.9. The number of phosphoric ester groups is 1. The van der Waals surface area contributed by atoms with Gasteiger partial charge in [-0.2, -0.15) is 0 Å². The number of unbranched alkanes of at least 4 members (excludes halogenated alkanes) is 38. The zero-order chi connectivity index (χ0) is 49.9. The molecule has 3 atom stereocenters. The van der Waals surface area contributed by atoms with Crippen molar-refractivity contribution in [3.8, 4) is 0 Å². The fourth-order valence-corrected chi connectivity index (χ4v) is 9.74. The third-order valence-electron chi connectivity index (χ3n) is 13.7. The van der Waals surface area contributed by atoms with Gasteiger partial charge in [0.2, 0.25) is 5.91 Å². The van der Waals surface area contributed by atoms with E-state index in [9.17, 15) is 19.4 Å². The minimum Gasteiger partial charge on any atom is -0.756 e. The van der Waals surface area contributed by atoms with Crippen LogP contribution >= 0.6 is 7.82 Å². The number of phosphoric acid groups is 1. The molecule has 0 aliphatic rings. The maximum absolute atomic E-state index is 12.9. The number of likely N-dealkylation sites (N-methyl/N-ethyl adjacent to an activating group) is 1. The molecule has 8 nitrogen and oxygen atoms in total. The number of nitrogens with zero attached hydrogens (tertiary/aromatic N) is 1. The summed E-state index contributed by atoms with van der Waals surface area (Å²) in [7, 11) is 1.31. The van der Waals surface area contributed by atoms with Crippen molar-refractivity contribution in [1.29, 1.82) is 0 Å². The zero-order valence-corrected chi connectivity index (χ0v) is 47.0. The van der Waals surface area contributed by atoms with Crippen LogP contribution in [0.15, 0.2) is 24.3 Å². The second-order valence-corrected chi connectivity index (χ2v) is 23.1. The van der Waals surface area contributed by atoms with Gasteiger partial charge in [0.15, 0.2) is 0 Å². The Kier molecular flexibility index (Phi) is 50.1. The Morgan fingerprint density at radius 1 is 0.515 bits per heavy atom. The molecule has 0 radical (unpaired) electrons. The van der Waals surface area contributed by atoms with Crippen LogP contribution in [-0.2, 0) is 18.4 Å².